The Morgan fingerprint density at radius 2 is 1.87 bits per heavy atom. The largest absolute Gasteiger partial charge is 0.461 e. The maximum absolute atomic E-state index is 13.5. The highest BCUT2D eigenvalue weighted by molar-refractivity contribution is 8.00. The molecular weight excluding hydrogens is 498 g/mol. The Hall–Kier alpha value is -0.890. The highest BCUT2D eigenvalue weighted by atomic mass is 32.2. The molecule has 2 bridgehead atoms. The van der Waals surface area contributed by atoms with Crippen molar-refractivity contribution in [3.05, 3.63) is 12.7 Å². The van der Waals surface area contributed by atoms with Crippen LogP contribution in [-0.2, 0) is 14.3 Å². The molecule has 4 saturated carbocycles. The SMILES string of the molecule is C=C[C@]1(C)C[C@@H](OC(=O)CSCC2(O)CC3(CCNCC3)C2)[C@]2(C)C(C)CC[C@]3(CCC(=O)C32)[C@@H](C)[C@@H]1O. The number of hydrogen-bond donors (Lipinski definition) is 3. The van der Waals surface area contributed by atoms with Gasteiger partial charge in [-0.1, -0.05) is 33.8 Å². The molecule has 5 rings (SSSR count). The number of nitrogens with one attached hydrogen (secondary N) is 1. The Bertz CT molecular complexity index is 956. The van der Waals surface area contributed by atoms with Crippen LogP contribution in [0.25, 0.3) is 0 Å². The highest BCUT2D eigenvalue weighted by Crippen LogP contribution is 2.68. The summed E-state index contributed by atoms with van der Waals surface area (Å²) in [7, 11) is 0. The molecule has 1 saturated heterocycles. The van der Waals surface area contributed by atoms with E-state index in [0.29, 0.717) is 18.6 Å². The van der Waals surface area contributed by atoms with Gasteiger partial charge in [0.2, 0.25) is 0 Å². The molecule has 2 unspecified atom stereocenters. The van der Waals surface area contributed by atoms with Crippen molar-refractivity contribution >= 4 is 23.5 Å². The van der Waals surface area contributed by atoms with Crippen molar-refractivity contribution < 1.29 is 24.5 Å². The zero-order chi connectivity index (χ0) is 27.6. The van der Waals surface area contributed by atoms with Gasteiger partial charge in [0.25, 0.3) is 0 Å². The van der Waals surface area contributed by atoms with Crippen molar-refractivity contribution in [3.63, 3.8) is 0 Å². The lowest BCUT2D eigenvalue weighted by Crippen LogP contribution is -2.63. The number of rotatable bonds is 6. The number of ether oxygens (including phenoxy) is 1. The van der Waals surface area contributed by atoms with Crippen LogP contribution in [0.3, 0.4) is 0 Å². The van der Waals surface area contributed by atoms with Crippen molar-refractivity contribution in [2.24, 2.45) is 39.4 Å². The van der Waals surface area contributed by atoms with Crippen LogP contribution >= 0.6 is 11.8 Å². The minimum atomic E-state index is -0.691. The molecule has 0 aromatic carbocycles. The number of aliphatic hydroxyl groups is 2. The molecule has 214 valence electrons. The normalized spacial score (nSPS) is 45.4. The summed E-state index contributed by atoms with van der Waals surface area (Å²) < 4.78 is 6.34. The zero-order valence-corrected chi connectivity index (χ0v) is 24.7. The molecule has 7 heteroatoms. The van der Waals surface area contributed by atoms with Gasteiger partial charge < -0.3 is 20.3 Å². The Labute approximate surface area is 233 Å². The molecule has 0 amide bonds. The second-order valence-corrected chi connectivity index (χ2v) is 15.4. The number of carbonyl (C=O) groups is 2. The van der Waals surface area contributed by atoms with E-state index >= 15 is 0 Å². The summed E-state index contributed by atoms with van der Waals surface area (Å²) in [5, 5.41) is 26.1. The Kier molecular flexibility index (Phi) is 7.45. The van der Waals surface area contributed by atoms with Crippen LogP contribution in [0.1, 0.15) is 85.5 Å². The van der Waals surface area contributed by atoms with Crippen molar-refractivity contribution in [2.75, 3.05) is 24.6 Å². The number of aliphatic hydroxyl groups excluding tert-OH is 1. The van der Waals surface area contributed by atoms with Gasteiger partial charge in [-0.25, -0.2) is 0 Å². The smallest absolute Gasteiger partial charge is 0.316 e. The summed E-state index contributed by atoms with van der Waals surface area (Å²) in [5.41, 5.74) is -1.79. The van der Waals surface area contributed by atoms with E-state index in [0.717, 1.165) is 58.0 Å². The molecule has 1 aliphatic heterocycles. The molecule has 5 aliphatic rings. The molecule has 8 atom stereocenters. The molecule has 0 radical (unpaired) electrons. The van der Waals surface area contributed by atoms with Crippen molar-refractivity contribution in [3.8, 4) is 0 Å². The van der Waals surface area contributed by atoms with E-state index in [2.05, 4.69) is 32.7 Å². The first-order valence-corrected chi connectivity index (χ1v) is 16.0. The number of esters is 1. The van der Waals surface area contributed by atoms with Crippen molar-refractivity contribution in [1.82, 2.24) is 5.32 Å². The number of thioether (sulfide) groups is 1. The van der Waals surface area contributed by atoms with Crippen LogP contribution in [0.2, 0.25) is 0 Å². The summed E-state index contributed by atoms with van der Waals surface area (Å²) in [4.78, 5) is 26.8. The number of Topliss-reactive ketones (excluding diaryl/α,β-unsaturated/α-hetero) is 1. The van der Waals surface area contributed by atoms with E-state index in [1.54, 1.807) is 0 Å². The molecule has 4 aliphatic carbocycles. The van der Waals surface area contributed by atoms with Gasteiger partial charge in [0.05, 0.1) is 17.5 Å². The fraction of sp³-hybridized carbons (Fsp3) is 0.871. The molecule has 1 spiro atoms. The van der Waals surface area contributed by atoms with E-state index in [1.165, 1.54) is 11.8 Å². The summed E-state index contributed by atoms with van der Waals surface area (Å²) in [6, 6.07) is 0. The molecule has 38 heavy (non-hydrogen) atoms. The maximum Gasteiger partial charge on any atom is 0.316 e. The van der Waals surface area contributed by atoms with E-state index in [1.807, 2.05) is 13.0 Å². The first kappa shape index (κ1) is 28.6. The van der Waals surface area contributed by atoms with Crippen LogP contribution in [0.4, 0.5) is 0 Å². The Morgan fingerprint density at radius 3 is 2.53 bits per heavy atom. The summed E-state index contributed by atoms with van der Waals surface area (Å²) in [6.45, 7) is 14.7. The average molecular weight is 548 g/mol. The molecule has 5 fully saturated rings. The fourth-order valence-corrected chi connectivity index (χ4v) is 10.7. The molecule has 1 heterocycles. The molecular formula is C31H49NO5S. The van der Waals surface area contributed by atoms with Gasteiger partial charge in [-0.2, -0.15) is 0 Å². The van der Waals surface area contributed by atoms with Gasteiger partial charge in [0.15, 0.2) is 0 Å². The van der Waals surface area contributed by atoms with Gasteiger partial charge in [-0.05, 0) is 87.1 Å². The van der Waals surface area contributed by atoms with Crippen molar-refractivity contribution in [1.29, 1.82) is 0 Å². The minimum Gasteiger partial charge on any atom is -0.461 e. The van der Waals surface area contributed by atoms with Crippen LogP contribution in [0, 0.1) is 39.4 Å². The molecule has 3 N–H and O–H groups in total. The third-order valence-corrected chi connectivity index (χ3v) is 13.4. The number of piperidine rings is 1. The third-order valence-electron chi connectivity index (χ3n) is 12.2. The third kappa shape index (κ3) is 4.42. The zero-order valence-electron chi connectivity index (χ0n) is 23.9. The van der Waals surface area contributed by atoms with Crippen LogP contribution in [-0.4, -0.2) is 64.4 Å². The topological polar surface area (TPSA) is 95.9 Å². The predicted octanol–water partition coefficient (Wildman–Crippen LogP) is 4.52. The minimum absolute atomic E-state index is 0.0348. The van der Waals surface area contributed by atoms with E-state index in [9.17, 15) is 19.8 Å². The van der Waals surface area contributed by atoms with Gasteiger partial charge in [0, 0.05) is 28.9 Å². The van der Waals surface area contributed by atoms with Crippen LogP contribution < -0.4 is 5.32 Å². The van der Waals surface area contributed by atoms with Crippen LogP contribution in [0.5, 0.6) is 0 Å². The second-order valence-electron chi connectivity index (χ2n) is 14.4. The summed E-state index contributed by atoms with van der Waals surface area (Å²) in [5.74, 6) is 0.694. The van der Waals surface area contributed by atoms with Gasteiger partial charge >= 0.3 is 5.97 Å². The van der Waals surface area contributed by atoms with E-state index in [-0.39, 0.29) is 46.1 Å². The fourth-order valence-electron chi connectivity index (χ4n) is 9.78. The lowest BCUT2D eigenvalue weighted by Gasteiger charge is -2.61. The number of hydrogen-bond acceptors (Lipinski definition) is 7. The van der Waals surface area contributed by atoms with E-state index in [4.69, 9.17) is 4.74 Å². The quantitative estimate of drug-likeness (QED) is 0.332. The summed E-state index contributed by atoms with van der Waals surface area (Å²) in [6.07, 6.45) is 8.28. The van der Waals surface area contributed by atoms with Gasteiger partial charge in [0.1, 0.15) is 11.9 Å². The first-order valence-electron chi connectivity index (χ1n) is 14.9. The molecule has 0 aromatic rings. The number of ketones is 1. The van der Waals surface area contributed by atoms with Crippen molar-refractivity contribution in [2.45, 2.75) is 103 Å². The molecule has 6 nitrogen and oxygen atoms in total. The van der Waals surface area contributed by atoms with Gasteiger partial charge in [-0.15, -0.1) is 18.3 Å². The lowest BCUT2D eigenvalue weighted by atomic mass is 9.44. The second kappa shape index (κ2) is 9.88. The lowest BCUT2D eigenvalue weighted by molar-refractivity contribution is -0.205. The Morgan fingerprint density at radius 1 is 1.18 bits per heavy atom. The molecule has 0 aromatic heterocycles. The van der Waals surface area contributed by atoms with Gasteiger partial charge in [-0.3, -0.25) is 9.59 Å². The summed E-state index contributed by atoms with van der Waals surface area (Å²) >= 11 is 1.46. The standard InChI is InChI=1S/C31H49NO5S/c1-6-27(4)15-23(37-24(34)16-38-19-30(36)17-29(18-30)11-13-32-14-12-29)28(5)20(2)7-9-31(21(3)26(27)35)10-8-22(33)25(28)31/h6,20-21,23,25-26,32,35-36H,1,7-19H2,2-5H3/t20?,21-,23+,25?,26-,27+,28-,31-/m0/s1. The number of carbonyl (C=O) groups excluding carboxylic acids is 2. The van der Waals surface area contributed by atoms with E-state index < -0.39 is 28.6 Å². The monoisotopic (exact) mass is 547 g/mol. The Balaban J connectivity index is 1.32. The average Bonchev–Trinajstić information content (AvgIpc) is 3.22. The first-order chi connectivity index (χ1) is 17.8. The van der Waals surface area contributed by atoms with Crippen LogP contribution in [0.15, 0.2) is 12.7 Å². The maximum atomic E-state index is 13.5. The predicted molar refractivity (Wildman–Crippen MR) is 151 cm³/mol. The highest BCUT2D eigenvalue weighted by Gasteiger charge is 2.68.